The molecule has 0 aliphatic carbocycles. The average Bonchev–Trinajstić information content (AvgIpc) is 2.42. The van der Waals surface area contributed by atoms with Gasteiger partial charge in [0, 0.05) is 22.4 Å². The van der Waals surface area contributed by atoms with E-state index in [0.717, 1.165) is 18.7 Å². The first-order chi connectivity index (χ1) is 9.27. The third-order valence-electron chi connectivity index (χ3n) is 4.06. The lowest BCUT2D eigenvalue weighted by molar-refractivity contribution is -0.0804. The van der Waals surface area contributed by atoms with Crippen LogP contribution in [0.2, 0.25) is 0 Å². The van der Waals surface area contributed by atoms with Crippen LogP contribution in [0.5, 0.6) is 0 Å². The normalized spacial score (nSPS) is 26.4. The fourth-order valence-electron chi connectivity index (χ4n) is 2.94. The summed E-state index contributed by atoms with van der Waals surface area (Å²) < 4.78 is 6.15. The van der Waals surface area contributed by atoms with Crippen molar-refractivity contribution in [2.75, 3.05) is 23.8 Å². The zero-order chi connectivity index (χ0) is 13.1. The number of benzene rings is 1. The van der Waals surface area contributed by atoms with Crippen LogP contribution in [0.15, 0.2) is 29.2 Å². The van der Waals surface area contributed by atoms with E-state index in [-0.39, 0.29) is 5.60 Å². The second-order valence-corrected chi connectivity index (χ2v) is 7.98. The van der Waals surface area contributed by atoms with Crippen LogP contribution in [-0.2, 0) is 4.74 Å². The molecule has 1 aromatic carbocycles. The predicted octanol–water partition coefficient (Wildman–Crippen LogP) is 3.81. The molecule has 2 heterocycles. The van der Waals surface area contributed by atoms with Crippen LogP contribution in [-0.4, -0.2) is 29.0 Å². The molecule has 4 heteroatoms. The van der Waals surface area contributed by atoms with Crippen LogP contribution < -0.4 is 5.73 Å². The largest absolute Gasteiger partial charge is 0.398 e. The fraction of sp³-hybridized carbons (Fsp3) is 0.600. The molecule has 1 unspecified atom stereocenters. The average molecular weight is 295 g/mol. The van der Waals surface area contributed by atoms with Gasteiger partial charge in [-0.1, -0.05) is 12.1 Å². The summed E-state index contributed by atoms with van der Waals surface area (Å²) >= 11 is 4.01. The molecule has 104 valence electrons. The molecule has 0 radical (unpaired) electrons. The van der Waals surface area contributed by atoms with E-state index in [1.807, 2.05) is 23.9 Å². The van der Waals surface area contributed by atoms with Crippen molar-refractivity contribution in [3.63, 3.8) is 0 Å². The molecule has 2 saturated heterocycles. The van der Waals surface area contributed by atoms with Gasteiger partial charge in [0.25, 0.3) is 0 Å². The van der Waals surface area contributed by atoms with E-state index < -0.39 is 0 Å². The molecular formula is C15H21NOS2. The Balaban J connectivity index is 1.67. The molecule has 0 bridgehead atoms. The fourth-order valence-corrected chi connectivity index (χ4v) is 5.50. The molecule has 3 rings (SSSR count). The first-order valence-corrected chi connectivity index (χ1v) is 9.04. The predicted molar refractivity (Wildman–Crippen MR) is 85.0 cm³/mol. The van der Waals surface area contributed by atoms with Crippen LogP contribution in [0, 0.1) is 0 Å². The molecule has 1 spiro atoms. The van der Waals surface area contributed by atoms with E-state index in [1.165, 1.54) is 35.7 Å². The van der Waals surface area contributed by atoms with Gasteiger partial charge in [-0.25, -0.2) is 0 Å². The van der Waals surface area contributed by atoms with Gasteiger partial charge in [-0.3, -0.25) is 0 Å². The summed E-state index contributed by atoms with van der Waals surface area (Å²) in [6.07, 6.45) is 4.78. The molecule has 19 heavy (non-hydrogen) atoms. The highest BCUT2D eigenvalue weighted by molar-refractivity contribution is 8.00. The van der Waals surface area contributed by atoms with Crippen molar-refractivity contribution in [3.05, 3.63) is 24.3 Å². The molecule has 0 aromatic heterocycles. The Morgan fingerprint density at radius 1 is 1.26 bits per heavy atom. The molecule has 0 amide bonds. The minimum absolute atomic E-state index is 0.171. The SMILES string of the molecule is Nc1ccccc1SC1CCOC2(CCSCC2)C1. The van der Waals surface area contributed by atoms with Crippen molar-refractivity contribution < 1.29 is 4.74 Å². The Bertz CT molecular complexity index is 426. The Labute approximate surface area is 123 Å². The zero-order valence-corrected chi connectivity index (χ0v) is 12.8. The number of anilines is 1. The van der Waals surface area contributed by atoms with Crippen LogP contribution in [0.1, 0.15) is 25.7 Å². The molecule has 2 N–H and O–H groups in total. The topological polar surface area (TPSA) is 35.2 Å². The lowest BCUT2D eigenvalue weighted by Gasteiger charge is -2.43. The zero-order valence-electron chi connectivity index (χ0n) is 11.1. The van der Waals surface area contributed by atoms with Gasteiger partial charge < -0.3 is 10.5 Å². The van der Waals surface area contributed by atoms with Crippen molar-refractivity contribution in [2.24, 2.45) is 0 Å². The van der Waals surface area contributed by atoms with Gasteiger partial charge >= 0.3 is 0 Å². The third kappa shape index (κ3) is 3.23. The molecule has 2 fully saturated rings. The van der Waals surface area contributed by atoms with Crippen LogP contribution in [0.25, 0.3) is 0 Å². The first kappa shape index (κ1) is 13.7. The lowest BCUT2D eigenvalue weighted by atomic mass is 9.88. The maximum atomic E-state index is 6.15. The number of hydrogen-bond donors (Lipinski definition) is 1. The van der Waals surface area contributed by atoms with E-state index in [2.05, 4.69) is 23.9 Å². The Kier molecular flexibility index (Phi) is 4.30. The number of nitrogen functional groups attached to an aromatic ring is 1. The summed E-state index contributed by atoms with van der Waals surface area (Å²) in [4.78, 5) is 1.23. The standard InChI is InChI=1S/C15H21NOS2/c16-13-3-1-2-4-14(13)19-12-5-8-17-15(11-12)6-9-18-10-7-15/h1-4,12H,5-11,16H2. The summed E-state index contributed by atoms with van der Waals surface area (Å²) in [5.41, 5.74) is 7.13. The molecule has 2 nitrogen and oxygen atoms in total. The summed E-state index contributed by atoms with van der Waals surface area (Å²) in [7, 11) is 0. The van der Waals surface area contributed by atoms with Gasteiger partial charge in [0.1, 0.15) is 0 Å². The Morgan fingerprint density at radius 3 is 2.84 bits per heavy atom. The maximum Gasteiger partial charge on any atom is 0.0709 e. The highest BCUT2D eigenvalue weighted by Crippen LogP contribution is 2.43. The molecule has 1 atom stereocenters. The Hall–Kier alpha value is -0.320. The third-order valence-corrected chi connectivity index (χ3v) is 6.41. The second kappa shape index (κ2) is 5.98. The van der Waals surface area contributed by atoms with Gasteiger partial charge in [-0.2, -0.15) is 11.8 Å². The number of para-hydroxylation sites is 1. The van der Waals surface area contributed by atoms with E-state index in [1.54, 1.807) is 0 Å². The summed E-state index contributed by atoms with van der Waals surface area (Å²) in [5.74, 6) is 2.51. The van der Waals surface area contributed by atoms with Crippen molar-refractivity contribution in [1.82, 2.24) is 0 Å². The van der Waals surface area contributed by atoms with Crippen molar-refractivity contribution in [3.8, 4) is 0 Å². The highest BCUT2D eigenvalue weighted by Gasteiger charge is 2.39. The monoisotopic (exact) mass is 295 g/mol. The minimum atomic E-state index is 0.171. The van der Waals surface area contributed by atoms with E-state index in [0.29, 0.717) is 5.25 Å². The van der Waals surface area contributed by atoms with E-state index >= 15 is 0 Å². The first-order valence-electron chi connectivity index (χ1n) is 7.00. The number of ether oxygens (including phenoxy) is 1. The van der Waals surface area contributed by atoms with Gasteiger partial charge in [-0.05, 0) is 49.3 Å². The molecule has 0 saturated carbocycles. The van der Waals surface area contributed by atoms with Crippen LogP contribution in [0.3, 0.4) is 0 Å². The molecule has 1 aromatic rings. The smallest absolute Gasteiger partial charge is 0.0709 e. The number of rotatable bonds is 2. The summed E-state index contributed by atoms with van der Waals surface area (Å²) in [5, 5.41) is 0.654. The Morgan fingerprint density at radius 2 is 2.05 bits per heavy atom. The summed E-state index contributed by atoms with van der Waals surface area (Å²) in [6.45, 7) is 0.912. The molecule has 2 aliphatic heterocycles. The molecule has 2 aliphatic rings. The van der Waals surface area contributed by atoms with Crippen LogP contribution in [0.4, 0.5) is 5.69 Å². The van der Waals surface area contributed by atoms with E-state index in [9.17, 15) is 0 Å². The van der Waals surface area contributed by atoms with Crippen molar-refractivity contribution >= 4 is 29.2 Å². The van der Waals surface area contributed by atoms with Crippen molar-refractivity contribution in [2.45, 2.75) is 41.4 Å². The van der Waals surface area contributed by atoms with Gasteiger partial charge in [0.2, 0.25) is 0 Å². The maximum absolute atomic E-state index is 6.15. The lowest BCUT2D eigenvalue weighted by Crippen LogP contribution is -2.43. The van der Waals surface area contributed by atoms with E-state index in [4.69, 9.17) is 10.5 Å². The van der Waals surface area contributed by atoms with Gasteiger partial charge in [-0.15, -0.1) is 11.8 Å². The van der Waals surface area contributed by atoms with Gasteiger partial charge in [0.15, 0.2) is 0 Å². The minimum Gasteiger partial charge on any atom is -0.398 e. The number of thioether (sulfide) groups is 2. The quantitative estimate of drug-likeness (QED) is 0.842. The molecular weight excluding hydrogens is 274 g/mol. The second-order valence-electron chi connectivity index (χ2n) is 5.41. The summed E-state index contributed by atoms with van der Waals surface area (Å²) in [6, 6.07) is 8.21. The van der Waals surface area contributed by atoms with Gasteiger partial charge in [0.05, 0.1) is 5.60 Å². The number of hydrogen-bond acceptors (Lipinski definition) is 4. The number of nitrogens with two attached hydrogens (primary N) is 1. The van der Waals surface area contributed by atoms with Crippen molar-refractivity contribution in [1.29, 1.82) is 0 Å². The van der Waals surface area contributed by atoms with Crippen LogP contribution >= 0.6 is 23.5 Å². The highest BCUT2D eigenvalue weighted by atomic mass is 32.2.